The van der Waals surface area contributed by atoms with Gasteiger partial charge in [-0.3, -0.25) is 0 Å². The Balaban J connectivity index is 2.04. The minimum Gasteiger partial charge on any atom is -0.474 e. The van der Waals surface area contributed by atoms with Crippen LogP contribution in [0.3, 0.4) is 0 Å². The van der Waals surface area contributed by atoms with Crippen LogP contribution in [-0.2, 0) is 6.42 Å². The fraction of sp³-hybridized carbons (Fsp3) is 0.692. The van der Waals surface area contributed by atoms with Crippen molar-refractivity contribution in [2.45, 2.75) is 52.1 Å². The molecule has 0 spiro atoms. The second-order valence-corrected chi connectivity index (χ2v) is 5.20. The van der Waals surface area contributed by atoms with Crippen LogP contribution < -0.4 is 4.74 Å². The van der Waals surface area contributed by atoms with Crippen molar-refractivity contribution in [1.82, 2.24) is 9.97 Å². The average Bonchev–Trinajstić information content (AvgIpc) is 2.28. The highest BCUT2D eigenvalue weighted by Crippen LogP contribution is 2.27. The van der Waals surface area contributed by atoms with Gasteiger partial charge in [0, 0.05) is 12.5 Å². The summed E-state index contributed by atoms with van der Waals surface area (Å²) < 4.78 is 5.91. The van der Waals surface area contributed by atoms with E-state index in [-0.39, 0.29) is 6.10 Å². The van der Waals surface area contributed by atoms with Crippen LogP contribution in [0.15, 0.2) is 6.07 Å². The maximum atomic E-state index is 5.94. The molecule has 2 unspecified atom stereocenters. The molecule has 2 atom stereocenters. The lowest BCUT2D eigenvalue weighted by Gasteiger charge is -2.26. The van der Waals surface area contributed by atoms with Gasteiger partial charge in [-0.2, -0.15) is 4.98 Å². The molecule has 0 N–H and O–H groups in total. The van der Waals surface area contributed by atoms with Crippen LogP contribution in [0, 0.1) is 5.92 Å². The number of hydrogen-bond acceptors (Lipinski definition) is 3. The fourth-order valence-electron chi connectivity index (χ4n) is 2.32. The molecule has 0 saturated heterocycles. The van der Waals surface area contributed by atoms with Gasteiger partial charge in [0.2, 0.25) is 5.88 Å². The van der Waals surface area contributed by atoms with E-state index in [2.05, 4.69) is 16.9 Å². The van der Waals surface area contributed by atoms with E-state index >= 15 is 0 Å². The number of nitrogens with zero attached hydrogens (tertiary/aromatic N) is 2. The third-order valence-electron chi connectivity index (χ3n) is 3.21. The highest BCUT2D eigenvalue weighted by molar-refractivity contribution is 6.29. The molecule has 1 saturated carbocycles. The molecule has 0 bridgehead atoms. The second-order valence-electron chi connectivity index (χ2n) is 4.81. The Morgan fingerprint density at radius 1 is 1.41 bits per heavy atom. The maximum absolute atomic E-state index is 5.94. The monoisotopic (exact) mass is 254 g/mol. The van der Waals surface area contributed by atoms with Gasteiger partial charge in [-0.15, -0.1) is 0 Å². The predicted octanol–water partition coefficient (Wildman–Crippen LogP) is 3.65. The molecule has 0 aliphatic heterocycles. The van der Waals surface area contributed by atoms with E-state index < -0.39 is 0 Å². The molecule has 0 radical (unpaired) electrons. The predicted molar refractivity (Wildman–Crippen MR) is 68.5 cm³/mol. The van der Waals surface area contributed by atoms with Crippen LogP contribution in [0.4, 0.5) is 0 Å². The number of halogens is 1. The first-order chi connectivity index (χ1) is 8.17. The van der Waals surface area contributed by atoms with Gasteiger partial charge in [-0.1, -0.05) is 31.9 Å². The Morgan fingerprint density at radius 3 is 2.94 bits per heavy atom. The molecule has 1 aromatic heterocycles. The van der Waals surface area contributed by atoms with Crippen LogP contribution >= 0.6 is 11.6 Å². The van der Waals surface area contributed by atoms with Crippen LogP contribution in [0.1, 0.15) is 45.4 Å². The zero-order valence-electron chi connectivity index (χ0n) is 10.4. The van der Waals surface area contributed by atoms with Gasteiger partial charge in [0.15, 0.2) is 0 Å². The van der Waals surface area contributed by atoms with E-state index in [0.29, 0.717) is 11.0 Å². The Morgan fingerprint density at radius 2 is 2.24 bits per heavy atom. The summed E-state index contributed by atoms with van der Waals surface area (Å²) >= 11 is 5.94. The molecule has 17 heavy (non-hydrogen) atoms. The zero-order chi connectivity index (χ0) is 12.3. The van der Waals surface area contributed by atoms with Gasteiger partial charge in [0.25, 0.3) is 0 Å². The third kappa shape index (κ3) is 3.56. The summed E-state index contributed by atoms with van der Waals surface area (Å²) in [6.07, 6.45) is 5.85. The Bertz CT molecular complexity index is 384. The first-order valence-electron chi connectivity index (χ1n) is 6.37. The van der Waals surface area contributed by atoms with E-state index in [1.807, 2.05) is 6.92 Å². The summed E-state index contributed by atoms with van der Waals surface area (Å²) in [6.45, 7) is 4.29. The van der Waals surface area contributed by atoms with Gasteiger partial charge < -0.3 is 4.74 Å². The molecule has 2 rings (SSSR count). The normalized spacial score (nSPS) is 24.6. The standard InChI is InChI=1S/C13H19ClN2O/c1-3-12-15-11(14)8-13(16-12)17-10-6-4-5-9(2)7-10/h8-10H,3-7H2,1-2H3. The highest BCUT2D eigenvalue weighted by atomic mass is 35.5. The topological polar surface area (TPSA) is 35.0 Å². The van der Waals surface area contributed by atoms with Gasteiger partial charge >= 0.3 is 0 Å². The van der Waals surface area contributed by atoms with Crippen molar-refractivity contribution < 1.29 is 4.74 Å². The van der Waals surface area contributed by atoms with Gasteiger partial charge in [0.1, 0.15) is 17.1 Å². The summed E-state index contributed by atoms with van der Waals surface area (Å²) in [5.41, 5.74) is 0. The Hall–Kier alpha value is -0.830. The van der Waals surface area contributed by atoms with Crippen molar-refractivity contribution >= 4 is 11.6 Å². The van der Waals surface area contributed by atoms with Crippen LogP contribution in [-0.4, -0.2) is 16.1 Å². The van der Waals surface area contributed by atoms with E-state index in [1.165, 1.54) is 12.8 Å². The minimum absolute atomic E-state index is 0.287. The number of rotatable bonds is 3. The Labute approximate surface area is 108 Å². The van der Waals surface area contributed by atoms with Crippen molar-refractivity contribution in [3.8, 4) is 5.88 Å². The SMILES string of the molecule is CCc1nc(Cl)cc(OC2CCCC(C)C2)n1. The summed E-state index contributed by atoms with van der Waals surface area (Å²) in [4.78, 5) is 8.49. The third-order valence-corrected chi connectivity index (χ3v) is 3.40. The first kappa shape index (κ1) is 12.6. The van der Waals surface area contributed by atoms with Crippen molar-refractivity contribution in [2.75, 3.05) is 0 Å². The highest BCUT2D eigenvalue weighted by Gasteiger charge is 2.20. The van der Waals surface area contributed by atoms with E-state index in [0.717, 1.165) is 31.0 Å². The van der Waals surface area contributed by atoms with Crippen LogP contribution in [0.25, 0.3) is 0 Å². The fourth-order valence-corrected chi connectivity index (χ4v) is 2.51. The van der Waals surface area contributed by atoms with E-state index in [4.69, 9.17) is 16.3 Å². The first-order valence-corrected chi connectivity index (χ1v) is 6.75. The van der Waals surface area contributed by atoms with Crippen molar-refractivity contribution in [3.63, 3.8) is 0 Å². The number of hydrogen-bond donors (Lipinski definition) is 0. The van der Waals surface area contributed by atoms with E-state index in [9.17, 15) is 0 Å². The molecule has 1 fully saturated rings. The average molecular weight is 255 g/mol. The van der Waals surface area contributed by atoms with Crippen molar-refractivity contribution in [2.24, 2.45) is 5.92 Å². The lowest BCUT2D eigenvalue weighted by atomic mass is 9.89. The van der Waals surface area contributed by atoms with Gasteiger partial charge in [-0.05, 0) is 25.2 Å². The molecule has 0 aromatic carbocycles. The zero-order valence-corrected chi connectivity index (χ0v) is 11.2. The number of aryl methyl sites for hydroxylation is 1. The van der Waals surface area contributed by atoms with Crippen LogP contribution in [0.5, 0.6) is 5.88 Å². The molecule has 0 amide bonds. The molecule has 1 aliphatic rings. The molecule has 94 valence electrons. The summed E-state index contributed by atoms with van der Waals surface area (Å²) in [5.74, 6) is 2.12. The van der Waals surface area contributed by atoms with E-state index in [1.54, 1.807) is 6.07 Å². The summed E-state index contributed by atoms with van der Waals surface area (Å²) in [7, 11) is 0. The quantitative estimate of drug-likeness (QED) is 0.773. The molecule has 1 aromatic rings. The maximum Gasteiger partial charge on any atom is 0.218 e. The molecular formula is C13H19ClN2O. The van der Waals surface area contributed by atoms with Gasteiger partial charge in [0.05, 0.1) is 0 Å². The molecule has 1 aliphatic carbocycles. The number of ether oxygens (including phenoxy) is 1. The molecule has 4 heteroatoms. The molecule has 1 heterocycles. The lowest BCUT2D eigenvalue weighted by Crippen LogP contribution is -2.24. The molecular weight excluding hydrogens is 236 g/mol. The van der Waals surface area contributed by atoms with Crippen molar-refractivity contribution in [1.29, 1.82) is 0 Å². The largest absolute Gasteiger partial charge is 0.474 e. The summed E-state index contributed by atoms with van der Waals surface area (Å²) in [6, 6.07) is 1.71. The lowest BCUT2D eigenvalue weighted by molar-refractivity contribution is 0.123. The smallest absolute Gasteiger partial charge is 0.218 e. The molecule has 3 nitrogen and oxygen atoms in total. The Kier molecular flexibility index (Phi) is 4.21. The van der Waals surface area contributed by atoms with Crippen molar-refractivity contribution in [3.05, 3.63) is 17.0 Å². The number of aromatic nitrogens is 2. The second kappa shape index (κ2) is 5.67. The minimum atomic E-state index is 0.287. The van der Waals surface area contributed by atoms with Gasteiger partial charge in [-0.25, -0.2) is 4.98 Å². The van der Waals surface area contributed by atoms with Crippen LogP contribution in [0.2, 0.25) is 5.15 Å². The summed E-state index contributed by atoms with van der Waals surface area (Å²) in [5, 5.41) is 0.468.